The number of halogens is 3. The highest BCUT2D eigenvalue weighted by atomic mass is 32.1. The topological polar surface area (TPSA) is 137 Å². The molecule has 0 bridgehead atoms. The Morgan fingerprint density at radius 3 is 2.67 bits per heavy atom. The largest absolute Gasteiger partial charge is 0.481 e. The predicted octanol–water partition coefficient (Wildman–Crippen LogP) is 3.30. The fraction of sp³-hybridized carbons (Fsp3) is 0.533. The van der Waals surface area contributed by atoms with Crippen molar-refractivity contribution in [2.24, 2.45) is 10.4 Å². The van der Waals surface area contributed by atoms with Gasteiger partial charge in [0.15, 0.2) is 10.8 Å². The third kappa shape index (κ3) is 5.99. The summed E-state index contributed by atoms with van der Waals surface area (Å²) in [7, 11) is 0. The van der Waals surface area contributed by atoms with Gasteiger partial charge in [0, 0.05) is 23.8 Å². The van der Waals surface area contributed by atoms with Crippen LogP contribution in [0.3, 0.4) is 0 Å². The van der Waals surface area contributed by atoms with Gasteiger partial charge in [0.1, 0.15) is 17.9 Å². The molecule has 0 spiro atoms. The van der Waals surface area contributed by atoms with Crippen LogP contribution in [0.5, 0.6) is 0 Å². The number of aliphatic hydroxyl groups is 1. The van der Waals surface area contributed by atoms with Gasteiger partial charge in [-0.05, 0) is 51.8 Å². The van der Waals surface area contributed by atoms with E-state index in [1.807, 2.05) is 0 Å². The lowest BCUT2D eigenvalue weighted by molar-refractivity contribution is -0.221. The molecule has 0 radical (unpaired) electrons. The van der Waals surface area contributed by atoms with Crippen molar-refractivity contribution >= 4 is 29.1 Å². The number of carbonyl (C=O) groups excluding carboxylic acids is 1. The number of carboxylic acid groups (broad SMARTS) is 1. The summed E-state index contributed by atoms with van der Waals surface area (Å²) in [6, 6.07) is 1.07. The molecule has 2 saturated heterocycles. The number of carboxylic acids is 1. The van der Waals surface area contributed by atoms with Gasteiger partial charge in [0.05, 0.1) is 48.9 Å². The summed E-state index contributed by atoms with van der Waals surface area (Å²) in [5.74, 6) is -5.54. The molecule has 0 aliphatic carbocycles. The Morgan fingerprint density at radius 2 is 2.02 bits per heavy atom. The number of nitrogens with zero attached hydrogens (tertiary/aromatic N) is 4. The summed E-state index contributed by atoms with van der Waals surface area (Å²) < 4.78 is 51.6. The van der Waals surface area contributed by atoms with Crippen LogP contribution in [0.25, 0.3) is 0 Å². The van der Waals surface area contributed by atoms with Crippen LogP contribution >= 0.6 is 11.3 Å². The number of aromatic nitrogens is 1. The summed E-state index contributed by atoms with van der Waals surface area (Å²) in [5, 5.41) is 27.0. The van der Waals surface area contributed by atoms with E-state index in [9.17, 15) is 24.2 Å². The molecule has 3 N–H and O–H groups in total. The lowest BCUT2D eigenvalue weighted by atomic mass is 9.75. The van der Waals surface area contributed by atoms with E-state index >= 15 is 8.78 Å². The average Bonchev–Trinajstić information content (AvgIpc) is 3.69. The number of amidine groups is 1. The van der Waals surface area contributed by atoms with Crippen molar-refractivity contribution in [1.29, 1.82) is 0 Å². The number of ether oxygens (including phenoxy) is 1. The highest BCUT2D eigenvalue weighted by molar-refractivity contribution is 7.11. The molecule has 45 heavy (non-hydrogen) atoms. The van der Waals surface area contributed by atoms with Crippen molar-refractivity contribution < 1.29 is 42.5 Å². The number of hydrogen-bond acceptors (Lipinski definition) is 11. The minimum atomic E-state index is -3.32. The zero-order valence-electron chi connectivity index (χ0n) is 25.5. The van der Waals surface area contributed by atoms with Crippen LogP contribution in [-0.4, -0.2) is 99.4 Å². The first-order valence-corrected chi connectivity index (χ1v) is 15.3. The lowest BCUT2D eigenvalue weighted by Gasteiger charge is -2.40. The van der Waals surface area contributed by atoms with E-state index in [1.165, 1.54) is 49.1 Å². The molecule has 11 nitrogen and oxygen atoms in total. The van der Waals surface area contributed by atoms with Gasteiger partial charge in [0.25, 0.3) is 5.92 Å². The normalized spacial score (nSPS) is 25.0. The van der Waals surface area contributed by atoms with Gasteiger partial charge in [-0.1, -0.05) is 12.1 Å². The molecule has 1 aromatic carbocycles. The highest BCUT2D eigenvalue weighted by Crippen LogP contribution is 2.43. The van der Waals surface area contributed by atoms with Gasteiger partial charge < -0.3 is 20.3 Å². The molecule has 3 aliphatic heterocycles. The van der Waals surface area contributed by atoms with Crippen LogP contribution in [0.1, 0.15) is 49.9 Å². The Labute approximate surface area is 262 Å². The first kappa shape index (κ1) is 33.0. The molecule has 4 atom stereocenters. The van der Waals surface area contributed by atoms with E-state index in [2.05, 4.69) is 10.3 Å². The number of carbonyl (C=O) groups is 2. The molecule has 2 aromatic rings. The molecular weight excluding hydrogens is 615 g/mol. The highest BCUT2D eigenvalue weighted by Gasteiger charge is 2.62. The fourth-order valence-electron chi connectivity index (χ4n) is 5.83. The van der Waals surface area contributed by atoms with E-state index < -0.39 is 65.9 Å². The Hall–Kier alpha value is -3.37. The second-order valence-corrected chi connectivity index (χ2v) is 13.1. The number of nitrogens with one attached hydrogen (secondary N) is 1. The van der Waals surface area contributed by atoms with Gasteiger partial charge in [0.2, 0.25) is 0 Å². The average molecular weight is 652 g/mol. The standard InChI is InChI=1S/C30H36F3N5O6S/c1-6-43-26(39)21-19(35-24(25-34-10-11-45-25)36-22(21)17-8-7-9-18(31)16(17)2)12-37-15-30(32,33)23-20(37)13-44-38(23)14-29(5,42)28(3,4)27(40)41/h7-11,20,22-23,42H,6,12-15H2,1-5H3,(H,35,36)(H,40,41)/t20-,22+,23+,29-/m1/s1. The summed E-state index contributed by atoms with van der Waals surface area (Å²) in [6.07, 6.45) is 1.58. The first-order valence-electron chi connectivity index (χ1n) is 14.5. The zero-order valence-corrected chi connectivity index (χ0v) is 26.3. The monoisotopic (exact) mass is 651 g/mol. The number of fused-ring (bicyclic) bond motifs is 1. The van der Waals surface area contributed by atoms with Crippen LogP contribution in [0.2, 0.25) is 0 Å². The Balaban J connectivity index is 1.52. The predicted molar refractivity (Wildman–Crippen MR) is 158 cm³/mol. The number of hydroxylamine groups is 2. The fourth-order valence-corrected chi connectivity index (χ4v) is 6.42. The molecular formula is C30H36F3N5O6S. The van der Waals surface area contributed by atoms with Gasteiger partial charge >= 0.3 is 11.9 Å². The van der Waals surface area contributed by atoms with Crippen LogP contribution < -0.4 is 5.32 Å². The molecule has 0 saturated carbocycles. The summed E-state index contributed by atoms with van der Waals surface area (Å²) in [6.45, 7) is 5.64. The van der Waals surface area contributed by atoms with Crippen molar-refractivity contribution in [1.82, 2.24) is 20.3 Å². The molecule has 0 unspecified atom stereocenters. The third-order valence-corrected chi connectivity index (χ3v) is 9.75. The number of β-amino-alcohol motifs (C(OH)–C–C–N with tert-alkyl or cyclic N) is 1. The molecule has 5 rings (SSSR count). The third-order valence-electron chi connectivity index (χ3n) is 8.97. The van der Waals surface area contributed by atoms with Gasteiger partial charge in [-0.3, -0.25) is 19.5 Å². The van der Waals surface area contributed by atoms with Crippen molar-refractivity contribution in [3.63, 3.8) is 0 Å². The maximum Gasteiger partial charge on any atom is 0.338 e. The van der Waals surface area contributed by atoms with Crippen molar-refractivity contribution in [3.8, 4) is 0 Å². The smallest absolute Gasteiger partial charge is 0.338 e. The SMILES string of the molecule is CCOC(=O)C1=C(CN2CC(F)(F)[C@@H]3[C@H]2CON3C[C@@](C)(O)C(C)(C)C(=O)O)NC(c2nccs2)=N[C@H]1c1cccc(F)c1C. The molecule has 3 aliphatic rings. The number of rotatable bonds is 10. The van der Waals surface area contributed by atoms with Crippen LogP contribution in [0.4, 0.5) is 13.2 Å². The molecule has 4 heterocycles. The second-order valence-electron chi connectivity index (χ2n) is 12.2. The lowest BCUT2D eigenvalue weighted by Crippen LogP contribution is -2.57. The number of aliphatic carboxylic acids is 1. The Bertz CT molecular complexity index is 1530. The van der Waals surface area contributed by atoms with Crippen LogP contribution in [-0.2, 0) is 19.2 Å². The van der Waals surface area contributed by atoms with Gasteiger partial charge in [-0.2, -0.15) is 5.06 Å². The van der Waals surface area contributed by atoms with E-state index in [0.29, 0.717) is 16.4 Å². The second kappa shape index (κ2) is 12.1. The Kier molecular flexibility index (Phi) is 8.87. The van der Waals surface area contributed by atoms with Crippen LogP contribution in [0.15, 0.2) is 46.0 Å². The molecule has 244 valence electrons. The number of likely N-dealkylation sites (tertiary alicyclic amines) is 1. The molecule has 15 heteroatoms. The van der Waals surface area contributed by atoms with E-state index in [4.69, 9.17) is 14.6 Å². The van der Waals surface area contributed by atoms with Gasteiger partial charge in [-0.15, -0.1) is 11.3 Å². The number of benzene rings is 1. The number of esters is 1. The quantitative estimate of drug-likeness (QED) is 0.329. The maximum atomic E-state index is 15.7. The first-order chi connectivity index (χ1) is 21.1. The van der Waals surface area contributed by atoms with E-state index in [1.54, 1.807) is 31.5 Å². The minimum Gasteiger partial charge on any atom is -0.481 e. The van der Waals surface area contributed by atoms with Crippen molar-refractivity contribution in [2.45, 2.75) is 64.3 Å². The molecule has 2 fully saturated rings. The number of thiazole rings is 1. The number of hydrogen-bond donors (Lipinski definition) is 3. The van der Waals surface area contributed by atoms with Crippen molar-refractivity contribution in [2.75, 3.05) is 32.8 Å². The molecule has 1 aromatic heterocycles. The summed E-state index contributed by atoms with van der Waals surface area (Å²) in [5.41, 5.74) is -2.60. The summed E-state index contributed by atoms with van der Waals surface area (Å²) in [4.78, 5) is 41.5. The Morgan fingerprint density at radius 1 is 1.29 bits per heavy atom. The minimum absolute atomic E-state index is 0.0371. The molecule has 0 amide bonds. The van der Waals surface area contributed by atoms with Crippen LogP contribution in [0, 0.1) is 18.2 Å². The number of alkyl halides is 2. The maximum absolute atomic E-state index is 15.7. The van der Waals surface area contributed by atoms with Crippen molar-refractivity contribution in [3.05, 3.63) is 63.0 Å². The zero-order chi connectivity index (χ0) is 32.9. The number of aliphatic imine (C=N–C) groups is 1. The van der Waals surface area contributed by atoms with Gasteiger partial charge in [-0.25, -0.2) is 22.9 Å². The van der Waals surface area contributed by atoms with E-state index in [0.717, 1.165) is 5.06 Å². The van der Waals surface area contributed by atoms with E-state index in [-0.39, 0.29) is 36.6 Å². The summed E-state index contributed by atoms with van der Waals surface area (Å²) >= 11 is 1.28.